The molecule has 36 heavy (non-hydrogen) atoms. The lowest BCUT2D eigenvalue weighted by Crippen LogP contribution is -2.21. The van der Waals surface area contributed by atoms with E-state index in [1.165, 1.54) is 5.01 Å². The van der Waals surface area contributed by atoms with E-state index >= 15 is 0 Å². The van der Waals surface area contributed by atoms with E-state index in [0.717, 1.165) is 15.6 Å². The lowest BCUT2D eigenvalue weighted by Gasteiger charge is -2.13. The molecular weight excluding hydrogens is 522 g/mol. The second-order valence-electron chi connectivity index (χ2n) is 8.18. The summed E-state index contributed by atoms with van der Waals surface area (Å²) in [4.78, 5) is 25.4. The maximum Gasteiger partial charge on any atom is 0.280 e. The van der Waals surface area contributed by atoms with Crippen molar-refractivity contribution in [3.05, 3.63) is 87.9 Å². The Bertz CT molecular complexity index is 1350. The number of hydrazone groups is 1. The highest BCUT2D eigenvalue weighted by Crippen LogP contribution is 2.31. The highest BCUT2D eigenvalue weighted by Gasteiger charge is 2.28. The number of halogens is 1. The number of carbonyl (C=O) groups is 2. The molecule has 0 spiro atoms. The van der Waals surface area contributed by atoms with E-state index in [1.807, 2.05) is 68.4 Å². The number of nitrogens with zero attached hydrogens (tertiary/aromatic N) is 2. The summed E-state index contributed by atoms with van der Waals surface area (Å²) in [5, 5.41) is 8.63. The SMILES string of the molecule is CCOc1cc(C=C2C(=O)N(c3cccc(Br)c3)N=C2C)ccc1OCC(=O)Nc1ccc(C)cc1. The molecule has 3 aromatic carbocycles. The van der Waals surface area contributed by atoms with Gasteiger partial charge in [0.25, 0.3) is 11.8 Å². The van der Waals surface area contributed by atoms with Crippen molar-refractivity contribution in [1.82, 2.24) is 0 Å². The van der Waals surface area contributed by atoms with Gasteiger partial charge in [-0.1, -0.05) is 45.8 Å². The van der Waals surface area contributed by atoms with Gasteiger partial charge in [0.15, 0.2) is 18.1 Å². The van der Waals surface area contributed by atoms with Crippen molar-refractivity contribution in [2.24, 2.45) is 5.10 Å². The molecule has 0 fully saturated rings. The second-order valence-corrected chi connectivity index (χ2v) is 9.10. The molecule has 0 aliphatic carbocycles. The third-order valence-electron chi connectivity index (χ3n) is 5.39. The molecule has 7 nitrogen and oxygen atoms in total. The van der Waals surface area contributed by atoms with Gasteiger partial charge >= 0.3 is 0 Å². The molecule has 184 valence electrons. The summed E-state index contributed by atoms with van der Waals surface area (Å²) in [6, 6.07) is 20.3. The van der Waals surface area contributed by atoms with Gasteiger partial charge in [0.1, 0.15) is 0 Å². The monoisotopic (exact) mass is 547 g/mol. The highest BCUT2D eigenvalue weighted by atomic mass is 79.9. The number of anilines is 2. The number of hydrogen-bond acceptors (Lipinski definition) is 5. The minimum atomic E-state index is -0.275. The first kappa shape index (κ1) is 25.2. The average molecular weight is 548 g/mol. The van der Waals surface area contributed by atoms with E-state index < -0.39 is 0 Å². The summed E-state index contributed by atoms with van der Waals surface area (Å²) in [5.41, 5.74) is 4.36. The first-order valence-corrected chi connectivity index (χ1v) is 12.3. The normalized spacial score (nSPS) is 14.1. The van der Waals surface area contributed by atoms with Gasteiger partial charge in [-0.25, -0.2) is 0 Å². The summed E-state index contributed by atoms with van der Waals surface area (Å²) in [5.74, 6) is 0.441. The molecule has 1 heterocycles. The van der Waals surface area contributed by atoms with Crippen LogP contribution in [0.25, 0.3) is 6.08 Å². The van der Waals surface area contributed by atoms with Crippen molar-refractivity contribution < 1.29 is 19.1 Å². The van der Waals surface area contributed by atoms with Gasteiger partial charge in [0, 0.05) is 10.2 Å². The van der Waals surface area contributed by atoms with Crippen molar-refractivity contribution in [1.29, 1.82) is 0 Å². The molecule has 0 saturated carbocycles. The topological polar surface area (TPSA) is 80.2 Å². The van der Waals surface area contributed by atoms with Crippen molar-refractivity contribution in [2.75, 3.05) is 23.5 Å². The third kappa shape index (κ3) is 6.01. The average Bonchev–Trinajstić information content (AvgIpc) is 3.13. The fraction of sp³-hybridized carbons (Fsp3) is 0.179. The fourth-order valence-corrected chi connectivity index (χ4v) is 4.00. The number of rotatable bonds is 8. The van der Waals surface area contributed by atoms with Crippen LogP contribution in [0.5, 0.6) is 11.5 Å². The van der Waals surface area contributed by atoms with E-state index in [-0.39, 0.29) is 18.4 Å². The predicted octanol–water partition coefficient (Wildman–Crippen LogP) is 5.98. The lowest BCUT2D eigenvalue weighted by molar-refractivity contribution is -0.118. The minimum Gasteiger partial charge on any atom is -0.490 e. The standard InChI is InChI=1S/C28H26BrN3O4/c1-4-35-26-15-20(10-13-25(26)36-17-27(33)30-22-11-8-18(2)9-12-22)14-24-19(3)31-32(28(24)34)23-7-5-6-21(29)16-23/h5-16H,4,17H2,1-3H3,(H,30,33). The number of nitrogens with one attached hydrogen (secondary N) is 1. The molecule has 0 unspecified atom stereocenters. The smallest absolute Gasteiger partial charge is 0.280 e. The van der Waals surface area contributed by atoms with Crippen molar-refractivity contribution >= 4 is 50.9 Å². The van der Waals surface area contributed by atoms with E-state index in [2.05, 4.69) is 26.3 Å². The van der Waals surface area contributed by atoms with Gasteiger partial charge in [-0.3, -0.25) is 9.59 Å². The Morgan fingerprint density at radius 2 is 1.81 bits per heavy atom. The van der Waals surface area contributed by atoms with Crippen LogP contribution in [0, 0.1) is 6.92 Å². The first-order valence-electron chi connectivity index (χ1n) is 11.5. The molecule has 0 radical (unpaired) electrons. The molecular formula is C28H26BrN3O4. The van der Waals surface area contributed by atoms with Crippen molar-refractivity contribution in [2.45, 2.75) is 20.8 Å². The first-order chi connectivity index (χ1) is 17.3. The molecule has 4 rings (SSSR count). The zero-order valence-electron chi connectivity index (χ0n) is 20.2. The summed E-state index contributed by atoms with van der Waals surface area (Å²) in [7, 11) is 0. The number of benzene rings is 3. The minimum absolute atomic E-state index is 0.166. The highest BCUT2D eigenvalue weighted by molar-refractivity contribution is 9.10. The van der Waals surface area contributed by atoms with Gasteiger partial charge in [-0.05, 0) is 74.9 Å². The van der Waals surface area contributed by atoms with Gasteiger partial charge in [-0.2, -0.15) is 10.1 Å². The van der Waals surface area contributed by atoms with E-state index in [0.29, 0.717) is 40.8 Å². The number of carbonyl (C=O) groups excluding carboxylic acids is 2. The van der Waals surface area contributed by atoms with E-state index in [1.54, 1.807) is 25.1 Å². The summed E-state index contributed by atoms with van der Waals surface area (Å²) in [6.45, 7) is 5.91. The maximum atomic E-state index is 13.1. The summed E-state index contributed by atoms with van der Waals surface area (Å²) >= 11 is 3.43. The Morgan fingerprint density at radius 3 is 2.53 bits per heavy atom. The molecule has 0 bridgehead atoms. The number of amides is 2. The third-order valence-corrected chi connectivity index (χ3v) is 5.88. The quantitative estimate of drug-likeness (QED) is 0.352. The molecule has 0 aromatic heterocycles. The Kier molecular flexibility index (Phi) is 7.85. The molecule has 0 saturated heterocycles. The zero-order valence-corrected chi connectivity index (χ0v) is 21.8. The van der Waals surface area contributed by atoms with Crippen LogP contribution < -0.4 is 19.8 Å². The molecule has 1 N–H and O–H groups in total. The van der Waals surface area contributed by atoms with Crippen LogP contribution in [0.1, 0.15) is 25.0 Å². The number of aryl methyl sites for hydroxylation is 1. The van der Waals surface area contributed by atoms with Crippen LogP contribution in [-0.2, 0) is 9.59 Å². The second kappa shape index (κ2) is 11.2. The molecule has 1 aliphatic rings. The van der Waals surface area contributed by atoms with Gasteiger partial charge < -0.3 is 14.8 Å². The Labute approximate surface area is 218 Å². The number of ether oxygens (including phenoxy) is 2. The van der Waals surface area contributed by atoms with Gasteiger partial charge in [-0.15, -0.1) is 0 Å². The van der Waals surface area contributed by atoms with Gasteiger partial charge in [0.05, 0.1) is 23.6 Å². The van der Waals surface area contributed by atoms with Gasteiger partial charge in [0.2, 0.25) is 0 Å². The van der Waals surface area contributed by atoms with Crippen molar-refractivity contribution in [3.8, 4) is 11.5 Å². The Hall–Kier alpha value is -3.91. The van der Waals surface area contributed by atoms with Crippen LogP contribution >= 0.6 is 15.9 Å². The van der Waals surface area contributed by atoms with E-state index in [4.69, 9.17) is 9.47 Å². The van der Waals surface area contributed by atoms with Crippen molar-refractivity contribution in [3.63, 3.8) is 0 Å². The van der Waals surface area contributed by atoms with Crippen LogP contribution in [0.3, 0.4) is 0 Å². The Morgan fingerprint density at radius 1 is 1.03 bits per heavy atom. The molecule has 1 aliphatic heterocycles. The van der Waals surface area contributed by atoms with E-state index in [9.17, 15) is 9.59 Å². The fourth-order valence-electron chi connectivity index (χ4n) is 3.61. The molecule has 8 heteroatoms. The molecule has 2 amide bonds. The lowest BCUT2D eigenvalue weighted by atomic mass is 10.1. The maximum absolute atomic E-state index is 13.1. The largest absolute Gasteiger partial charge is 0.490 e. The van der Waals surface area contributed by atoms with Crippen LogP contribution in [-0.4, -0.2) is 30.7 Å². The van der Waals surface area contributed by atoms with Crippen LogP contribution in [0.15, 0.2) is 81.9 Å². The molecule has 0 atom stereocenters. The molecule has 3 aromatic rings. The summed E-state index contributed by atoms with van der Waals surface area (Å²) in [6.07, 6.45) is 1.77. The Balaban J connectivity index is 1.48. The zero-order chi connectivity index (χ0) is 25.7. The van der Waals surface area contributed by atoms with Crippen LogP contribution in [0.2, 0.25) is 0 Å². The summed E-state index contributed by atoms with van der Waals surface area (Å²) < 4.78 is 12.3. The van der Waals surface area contributed by atoms with Crippen LogP contribution in [0.4, 0.5) is 11.4 Å². The number of hydrogen-bond donors (Lipinski definition) is 1. The predicted molar refractivity (Wildman–Crippen MR) is 146 cm³/mol.